The van der Waals surface area contributed by atoms with Gasteiger partial charge in [-0.1, -0.05) is 31.5 Å². The van der Waals surface area contributed by atoms with Gasteiger partial charge >= 0.3 is 0 Å². The predicted molar refractivity (Wildman–Crippen MR) is 51.8 cm³/mol. The van der Waals surface area contributed by atoms with Gasteiger partial charge in [-0.2, -0.15) is 0 Å². The third-order valence-electron chi connectivity index (χ3n) is 1.72. The fraction of sp³-hybridized carbons (Fsp3) is 0.222. The summed E-state index contributed by atoms with van der Waals surface area (Å²) in [5.74, 6) is 1.03. The van der Waals surface area contributed by atoms with Gasteiger partial charge in [-0.05, 0) is 17.5 Å². The highest BCUT2D eigenvalue weighted by molar-refractivity contribution is 6.32. The van der Waals surface area contributed by atoms with E-state index >= 15 is 0 Å². The van der Waals surface area contributed by atoms with Gasteiger partial charge in [0.2, 0.25) is 0 Å². The second-order valence-corrected chi connectivity index (χ2v) is 3.33. The molecule has 1 radical (unpaired) electrons. The first kappa shape index (κ1) is 9.99. The molecule has 0 bridgehead atoms. The molecule has 0 aliphatic carbocycles. The monoisotopic (exact) mass is 198 g/mol. The number of nitro benzene ring substituents is 1. The maximum Gasteiger partial charge on any atom is 0.288 e. The summed E-state index contributed by atoms with van der Waals surface area (Å²) in [6.07, 6.45) is 0. The van der Waals surface area contributed by atoms with E-state index in [1.165, 1.54) is 6.07 Å². The Balaban J connectivity index is 3.19. The third kappa shape index (κ3) is 2.18. The highest BCUT2D eigenvalue weighted by atomic mass is 35.5. The molecule has 0 aliphatic rings. The summed E-state index contributed by atoms with van der Waals surface area (Å²) in [6.45, 7) is 3.79. The number of nitro groups is 1. The van der Waals surface area contributed by atoms with Crippen molar-refractivity contribution in [2.45, 2.75) is 13.8 Å². The van der Waals surface area contributed by atoms with E-state index in [-0.39, 0.29) is 10.7 Å². The topological polar surface area (TPSA) is 43.1 Å². The average Bonchev–Trinajstić information content (AvgIpc) is 2.04. The largest absolute Gasteiger partial charge is 0.288 e. The van der Waals surface area contributed by atoms with Crippen molar-refractivity contribution in [1.82, 2.24) is 0 Å². The number of hydrogen-bond acceptors (Lipinski definition) is 2. The Hall–Kier alpha value is -1.09. The minimum atomic E-state index is -0.477. The lowest BCUT2D eigenvalue weighted by Gasteiger charge is -2.04. The SMILES string of the molecule is C[C](C)c1ccc(Cl)c([N+](=O)[O-])c1. The van der Waals surface area contributed by atoms with Crippen LogP contribution in [0.25, 0.3) is 0 Å². The molecule has 1 aromatic rings. The van der Waals surface area contributed by atoms with Gasteiger partial charge in [-0.25, -0.2) is 0 Å². The Morgan fingerprint density at radius 3 is 2.54 bits per heavy atom. The van der Waals surface area contributed by atoms with Crippen molar-refractivity contribution in [3.63, 3.8) is 0 Å². The molecule has 4 heteroatoms. The fourth-order valence-corrected chi connectivity index (χ4v) is 1.15. The number of rotatable bonds is 2. The average molecular weight is 199 g/mol. The summed E-state index contributed by atoms with van der Waals surface area (Å²) in [5.41, 5.74) is 0.802. The minimum absolute atomic E-state index is 0.0413. The second-order valence-electron chi connectivity index (χ2n) is 2.92. The van der Waals surface area contributed by atoms with E-state index in [1.807, 2.05) is 13.8 Å². The molecule has 69 valence electrons. The molecule has 0 saturated heterocycles. The van der Waals surface area contributed by atoms with E-state index < -0.39 is 4.92 Å². The first-order valence-electron chi connectivity index (χ1n) is 3.77. The van der Waals surface area contributed by atoms with Crippen molar-refractivity contribution in [3.05, 3.63) is 44.8 Å². The number of benzene rings is 1. The molecular formula is C9H9ClNO2. The smallest absolute Gasteiger partial charge is 0.258 e. The van der Waals surface area contributed by atoms with Crippen LogP contribution in [0.1, 0.15) is 19.4 Å². The quantitative estimate of drug-likeness (QED) is 0.541. The van der Waals surface area contributed by atoms with Crippen LogP contribution in [0.2, 0.25) is 5.02 Å². The summed E-state index contributed by atoms with van der Waals surface area (Å²) in [5, 5.41) is 10.7. The van der Waals surface area contributed by atoms with Crippen molar-refractivity contribution in [2.75, 3.05) is 0 Å². The molecular weight excluding hydrogens is 190 g/mol. The minimum Gasteiger partial charge on any atom is -0.258 e. The Morgan fingerprint density at radius 2 is 2.08 bits per heavy atom. The van der Waals surface area contributed by atoms with Gasteiger partial charge < -0.3 is 0 Å². The molecule has 0 aromatic heterocycles. The van der Waals surface area contributed by atoms with Gasteiger partial charge in [0.05, 0.1) is 4.92 Å². The van der Waals surface area contributed by atoms with Gasteiger partial charge in [-0.3, -0.25) is 10.1 Å². The van der Waals surface area contributed by atoms with Gasteiger partial charge in [0.15, 0.2) is 0 Å². The van der Waals surface area contributed by atoms with E-state index in [0.717, 1.165) is 11.5 Å². The predicted octanol–water partition coefficient (Wildman–Crippen LogP) is 3.21. The molecule has 0 N–H and O–H groups in total. The van der Waals surface area contributed by atoms with Crippen molar-refractivity contribution in [2.24, 2.45) is 0 Å². The van der Waals surface area contributed by atoms with Crippen LogP contribution in [0.3, 0.4) is 0 Å². The van der Waals surface area contributed by atoms with Crippen molar-refractivity contribution < 1.29 is 4.92 Å². The zero-order chi connectivity index (χ0) is 10.0. The van der Waals surface area contributed by atoms with Gasteiger partial charge in [0, 0.05) is 6.07 Å². The van der Waals surface area contributed by atoms with Gasteiger partial charge in [-0.15, -0.1) is 0 Å². The molecule has 0 spiro atoms. The van der Waals surface area contributed by atoms with Gasteiger partial charge in [0.25, 0.3) is 5.69 Å². The van der Waals surface area contributed by atoms with E-state index in [1.54, 1.807) is 12.1 Å². The van der Waals surface area contributed by atoms with Crippen molar-refractivity contribution in [3.8, 4) is 0 Å². The van der Waals surface area contributed by atoms with Crippen LogP contribution in [0.4, 0.5) is 5.69 Å². The molecule has 0 saturated carbocycles. The zero-order valence-corrected chi connectivity index (χ0v) is 8.13. The van der Waals surface area contributed by atoms with Crippen LogP contribution in [0.15, 0.2) is 18.2 Å². The molecule has 13 heavy (non-hydrogen) atoms. The number of halogens is 1. The second kappa shape index (κ2) is 3.75. The van der Waals surface area contributed by atoms with Crippen LogP contribution < -0.4 is 0 Å². The van der Waals surface area contributed by atoms with Crippen LogP contribution in [0.5, 0.6) is 0 Å². The highest BCUT2D eigenvalue weighted by Gasteiger charge is 2.13. The molecule has 0 heterocycles. The van der Waals surface area contributed by atoms with E-state index in [9.17, 15) is 10.1 Å². The Labute approximate surface area is 81.5 Å². The van der Waals surface area contributed by atoms with Crippen LogP contribution in [0, 0.1) is 16.0 Å². The van der Waals surface area contributed by atoms with E-state index in [2.05, 4.69) is 0 Å². The van der Waals surface area contributed by atoms with Crippen molar-refractivity contribution in [1.29, 1.82) is 0 Å². The third-order valence-corrected chi connectivity index (χ3v) is 2.04. The van der Waals surface area contributed by atoms with Crippen LogP contribution in [-0.2, 0) is 0 Å². The molecule has 3 nitrogen and oxygen atoms in total. The zero-order valence-electron chi connectivity index (χ0n) is 7.37. The lowest BCUT2D eigenvalue weighted by Crippen LogP contribution is -1.93. The van der Waals surface area contributed by atoms with Crippen LogP contribution in [-0.4, -0.2) is 4.92 Å². The molecule has 1 rings (SSSR count). The first-order valence-corrected chi connectivity index (χ1v) is 4.14. The molecule has 1 aromatic carbocycles. The summed E-state index contributed by atoms with van der Waals surface area (Å²) in [4.78, 5) is 10.0. The lowest BCUT2D eigenvalue weighted by molar-refractivity contribution is -0.384. The number of hydrogen-bond donors (Lipinski definition) is 0. The fourth-order valence-electron chi connectivity index (χ4n) is 0.964. The van der Waals surface area contributed by atoms with Gasteiger partial charge in [0.1, 0.15) is 5.02 Å². The Kier molecular flexibility index (Phi) is 2.88. The standard InChI is InChI=1S/C9H9ClNO2/c1-6(2)7-3-4-8(10)9(5-7)11(12)13/h3-5H,1-2H3. The van der Waals surface area contributed by atoms with E-state index in [4.69, 9.17) is 11.6 Å². The molecule has 0 amide bonds. The number of nitrogens with zero attached hydrogens (tertiary/aromatic N) is 1. The molecule has 0 aliphatic heterocycles. The lowest BCUT2D eigenvalue weighted by atomic mass is 10.0. The maximum absolute atomic E-state index is 10.5. The summed E-state index contributed by atoms with van der Waals surface area (Å²) < 4.78 is 0. The summed E-state index contributed by atoms with van der Waals surface area (Å²) >= 11 is 5.64. The maximum atomic E-state index is 10.5. The molecule has 0 atom stereocenters. The van der Waals surface area contributed by atoms with E-state index in [0.29, 0.717) is 0 Å². The normalized spacial score (nSPS) is 10.5. The summed E-state index contributed by atoms with van der Waals surface area (Å²) in [6, 6.07) is 4.80. The summed E-state index contributed by atoms with van der Waals surface area (Å²) in [7, 11) is 0. The molecule has 0 unspecified atom stereocenters. The highest BCUT2D eigenvalue weighted by Crippen LogP contribution is 2.27. The molecule has 0 fully saturated rings. The Morgan fingerprint density at radius 1 is 1.46 bits per heavy atom. The van der Waals surface area contributed by atoms with Crippen LogP contribution >= 0.6 is 11.6 Å². The Bertz CT molecular complexity index is 336. The van der Waals surface area contributed by atoms with Crippen molar-refractivity contribution >= 4 is 17.3 Å². The first-order chi connectivity index (χ1) is 6.02.